The van der Waals surface area contributed by atoms with Gasteiger partial charge in [-0.3, -0.25) is 0 Å². The highest BCUT2D eigenvalue weighted by molar-refractivity contribution is 5.44. The first-order valence-corrected chi connectivity index (χ1v) is 5.66. The summed E-state index contributed by atoms with van der Waals surface area (Å²) in [5.41, 5.74) is 7.90. The zero-order chi connectivity index (χ0) is 13.0. The molecule has 0 spiro atoms. The van der Waals surface area contributed by atoms with Gasteiger partial charge in [0.15, 0.2) is 0 Å². The van der Waals surface area contributed by atoms with Crippen molar-refractivity contribution in [2.75, 3.05) is 5.32 Å². The fraction of sp³-hybridized carbons (Fsp3) is 0.143. The van der Waals surface area contributed by atoms with Crippen LogP contribution < -0.4 is 11.1 Å². The summed E-state index contributed by atoms with van der Waals surface area (Å²) in [5, 5.41) is 3.08. The van der Waals surface area contributed by atoms with E-state index in [0.29, 0.717) is 12.2 Å². The normalized spacial score (nSPS) is 10.4. The first kappa shape index (κ1) is 12.5. The predicted octanol–water partition coefficient (Wildman–Crippen LogP) is 3.04. The summed E-state index contributed by atoms with van der Waals surface area (Å²) in [6, 6.07) is 10.7. The molecule has 2 aromatic rings. The van der Waals surface area contributed by atoms with E-state index in [9.17, 15) is 8.78 Å². The Morgan fingerprint density at radius 1 is 0.944 bits per heavy atom. The van der Waals surface area contributed by atoms with Crippen LogP contribution in [0.4, 0.5) is 14.5 Å². The second kappa shape index (κ2) is 5.60. The van der Waals surface area contributed by atoms with Crippen molar-refractivity contribution in [3.05, 3.63) is 65.2 Å². The molecule has 0 saturated heterocycles. The molecule has 18 heavy (non-hydrogen) atoms. The number of hydrogen-bond donors (Lipinski definition) is 2. The van der Waals surface area contributed by atoms with Gasteiger partial charge >= 0.3 is 0 Å². The van der Waals surface area contributed by atoms with E-state index in [1.54, 1.807) is 18.2 Å². The Bertz CT molecular complexity index is 541. The number of nitrogens with one attached hydrogen (secondary N) is 1. The van der Waals surface area contributed by atoms with Gasteiger partial charge in [0.1, 0.15) is 11.6 Å². The fourth-order valence-corrected chi connectivity index (χ4v) is 1.75. The minimum absolute atomic E-state index is 0.276. The Morgan fingerprint density at radius 2 is 1.72 bits per heavy atom. The van der Waals surface area contributed by atoms with Crippen molar-refractivity contribution in [2.45, 2.75) is 13.1 Å². The molecule has 2 nitrogen and oxygen atoms in total. The summed E-state index contributed by atoms with van der Waals surface area (Å²) in [5.74, 6) is -0.594. The molecule has 3 N–H and O–H groups in total. The van der Waals surface area contributed by atoms with E-state index in [2.05, 4.69) is 5.32 Å². The smallest absolute Gasteiger partial charge is 0.125 e. The molecule has 0 aliphatic rings. The van der Waals surface area contributed by atoms with Gasteiger partial charge in [-0.25, -0.2) is 8.78 Å². The predicted molar refractivity (Wildman–Crippen MR) is 68.0 cm³/mol. The molecule has 0 atom stereocenters. The lowest BCUT2D eigenvalue weighted by atomic mass is 10.1. The van der Waals surface area contributed by atoms with Gasteiger partial charge in [-0.15, -0.1) is 0 Å². The molecule has 0 aliphatic carbocycles. The minimum atomic E-state index is -0.301. The molecule has 0 aliphatic heterocycles. The van der Waals surface area contributed by atoms with E-state index < -0.39 is 0 Å². The molecular weight excluding hydrogens is 234 g/mol. The third-order valence-electron chi connectivity index (χ3n) is 2.70. The van der Waals surface area contributed by atoms with E-state index in [1.807, 2.05) is 0 Å². The molecule has 0 unspecified atom stereocenters. The van der Waals surface area contributed by atoms with Crippen LogP contribution in [-0.2, 0) is 13.1 Å². The lowest BCUT2D eigenvalue weighted by molar-refractivity contribution is 0.624. The topological polar surface area (TPSA) is 38.0 Å². The van der Waals surface area contributed by atoms with E-state index in [4.69, 9.17) is 5.73 Å². The maximum absolute atomic E-state index is 13.0. The molecule has 0 aromatic heterocycles. The van der Waals surface area contributed by atoms with E-state index in [0.717, 1.165) is 11.1 Å². The van der Waals surface area contributed by atoms with Crippen LogP contribution in [0.5, 0.6) is 0 Å². The zero-order valence-electron chi connectivity index (χ0n) is 9.79. The molecule has 0 saturated carbocycles. The van der Waals surface area contributed by atoms with Crippen LogP contribution >= 0.6 is 0 Å². The maximum Gasteiger partial charge on any atom is 0.125 e. The van der Waals surface area contributed by atoms with E-state index in [-0.39, 0.29) is 18.2 Å². The highest BCUT2D eigenvalue weighted by Crippen LogP contribution is 2.14. The lowest BCUT2D eigenvalue weighted by Gasteiger charge is -2.10. The van der Waals surface area contributed by atoms with Crippen LogP contribution in [0, 0.1) is 11.6 Å². The van der Waals surface area contributed by atoms with E-state index >= 15 is 0 Å². The summed E-state index contributed by atoms with van der Waals surface area (Å²) in [6.07, 6.45) is 0. The molecule has 2 rings (SSSR count). The molecular formula is C14H14F2N2. The Morgan fingerprint density at radius 3 is 2.44 bits per heavy atom. The van der Waals surface area contributed by atoms with Crippen LogP contribution in [0.3, 0.4) is 0 Å². The van der Waals surface area contributed by atoms with E-state index in [1.165, 1.54) is 24.3 Å². The highest BCUT2D eigenvalue weighted by atomic mass is 19.1. The van der Waals surface area contributed by atoms with Crippen LogP contribution in [-0.4, -0.2) is 0 Å². The quantitative estimate of drug-likeness (QED) is 0.872. The first-order valence-electron chi connectivity index (χ1n) is 5.66. The lowest BCUT2D eigenvalue weighted by Crippen LogP contribution is -2.07. The largest absolute Gasteiger partial charge is 0.381 e. The molecule has 0 radical (unpaired) electrons. The third-order valence-corrected chi connectivity index (χ3v) is 2.70. The maximum atomic E-state index is 13.0. The molecule has 94 valence electrons. The Hall–Kier alpha value is -1.94. The van der Waals surface area contributed by atoms with Crippen molar-refractivity contribution >= 4 is 5.69 Å². The van der Waals surface area contributed by atoms with Crippen LogP contribution in [0.2, 0.25) is 0 Å². The van der Waals surface area contributed by atoms with Crippen molar-refractivity contribution in [1.82, 2.24) is 0 Å². The first-order chi connectivity index (χ1) is 8.69. The monoisotopic (exact) mass is 248 g/mol. The summed E-state index contributed by atoms with van der Waals surface area (Å²) < 4.78 is 26.0. The standard InChI is InChI=1S/C14H14F2N2/c15-12-2-1-3-14(7-12)18-9-10-4-5-13(16)6-11(10)8-17/h1-7,18H,8-9,17H2. The number of hydrogen-bond acceptors (Lipinski definition) is 2. The number of halogens is 2. The summed E-state index contributed by atoms with van der Waals surface area (Å²) in [6.45, 7) is 0.758. The van der Waals surface area contributed by atoms with Gasteiger partial charge < -0.3 is 11.1 Å². The SMILES string of the molecule is NCc1cc(F)ccc1CNc1cccc(F)c1. The number of rotatable bonds is 4. The van der Waals surface area contributed by atoms with Gasteiger partial charge in [-0.2, -0.15) is 0 Å². The molecule has 0 heterocycles. The van der Waals surface area contributed by atoms with Gasteiger partial charge in [-0.1, -0.05) is 12.1 Å². The van der Waals surface area contributed by atoms with Gasteiger partial charge in [0.05, 0.1) is 0 Å². The average Bonchev–Trinajstić information content (AvgIpc) is 2.37. The Balaban J connectivity index is 2.10. The summed E-state index contributed by atoms with van der Waals surface area (Å²) >= 11 is 0. The summed E-state index contributed by atoms with van der Waals surface area (Å²) in [4.78, 5) is 0. The average molecular weight is 248 g/mol. The number of benzene rings is 2. The van der Waals surface area contributed by atoms with Crippen molar-refractivity contribution in [3.63, 3.8) is 0 Å². The number of nitrogens with two attached hydrogens (primary N) is 1. The van der Waals surface area contributed by atoms with Crippen molar-refractivity contribution < 1.29 is 8.78 Å². The second-order valence-corrected chi connectivity index (χ2v) is 3.98. The zero-order valence-corrected chi connectivity index (χ0v) is 9.79. The Labute approximate surface area is 104 Å². The van der Waals surface area contributed by atoms with Crippen LogP contribution in [0.1, 0.15) is 11.1 Å². The summed E-state index contributed by atoms with van der Waals surface area (Å²) in [7, 11) is 0. The van der Waals surface area contributed by atoms with Gasteiger partial charge in [0.25, 0.3) is 0 Å². The van der Waals surface area contributed by atoms with Crippen molar-refractivity contribution in [3.8, 4) is 0 Å². The Kier molecular flexibility index (Phi) is 3.89. The number of anilines is 1. The highest BCUT2D eigenvalue weighted by Gasteiger charge is 2.03. The molecule has 4 heteroatoms. The van der Waals surface area contributed by atoms with Crippen LogP contribution in [0.15, 0.2) is 42.5 Å². The molecule has 0 amide bonds. The van der Waals surface area contributed by atoms with Gasteiger partial charge in [0, 0.05) is 18.8 Å². The van der Waals surface area contributed by atoms with Gasteiger partial charge in [-0.05, 0) is 41.5 Å². The minimum Gasteiger partial charge on any atom is -0.381 e. The molecule has 0 bridgehead atoms. The fourth-order valence-electron chi connectivity index (χ4n) is 1.75. The van der Waals surface area contributed by atoms with Crippen molar-refractivity contribution in [1.29, 1.82) is 0 Å². The molecule has 0 fully saturated rings. The molecule has 2 aromatic carbocycles. The second-order valence-electron chi connectivity index (χ2n) is 3.98. The van der Waals surface area contributed by atoms with Crippen molar-refractivity contribution in [2.24, 2.45) is 5.73 Å². The van der Waals surface area contributed by atoms with Gasteiger partial charge in [0.2, 0.25) is 0 Å². The third kappa shape index (κ3) is 3.05. The van der Waals surface area contributed by atoms with Crippen LogP contribution in [0.25, 0.3) is 0 Å².